The van der Waals surface area contributed by atoms with Gasteiger partial charge in [-0.05, 0) is 70.3 Å². The highest BCUT2D eigenvalue weighted by molar-refractivity contribution is 5.89. The van der Waals surface area contributed by atoms with Crippen LogP contribution >= 0.6 is 0 Å². The van der Waals surface area contributed by atoms with Crippen LogP contribution in [0.25, 0.3) is 0 Å². The molecule has 5 nitrogen and oxygen atoms in total. The summed E-state index contributed by atoms with van der Waals surface area (Å²) in [5.41, 5.74) is 7.65. The lowest BCUT2D eigenvalue weighted by Crippen LogP contribution is -2.43. The number of hydrogen-bond acceptors (Lipinski definition) is 3. The lowest BCUT2D eigenvalue weighted by molar-refractivity contribution is 0.329. The zero-order valence-electron chi connectivity index (χ0n) is 13.9. The van der Waals surface area contributed by atoms with Crippen LogP contribution in [0, 0.1) is 11.3 Å². The molecule has 1 aliphatic rings. The Hall–Kier alpha value is -1.75. The first-order chi connectivity index (χ1) is 10.3. The van der Waals surface area contributed by atoms with Gasteiger partial charge in [-0.25, -0.2) is 0 Å². The fourth-order valence-electron chi connectivity index (χ4n) is 2.76. The quantitative estimate of drug-likeness (QED) is 0.509. The van der Waals surface area contributed by atoms with Crippen LogP contribution in [0.5, 0.6) is 0 Å². The van der Waals surface area contributed by atoms with E-state index in [9.17, 15) is 0 Å². The smallest absolute Gasteiger partial charge is 0.190 e. The summed E-state index contributed by atoms with van der Waals surface area (Å²) in [5.74, 6) is 0.744. The predicted octanol–water partition coefficient (Wildman–Crippen LogP) is 2.60. The molecule has 1 aliphatic heterocycles. The van der Waals surface area contributed by atoms with Gasteiger partial charge in [0.05, 0.1) is 0 Å². The van der Waals surface area contributed by atoms with E-state index in [-0.39, 0.29) is 11.5 Å². The van der Waals surface area contributed by atoms with Gasteiger partial charge in [-0.1, -0.05) is 0 Å². The van der Waals surface area contributed by atoms with Gasteiger partial charge in [0.2, 0.25) is 0 Å². The maximum atomic E-state index is 7.24. The van der Waals surface area contributed by atoms with Gasteiger partial charge in [0.1, 0.15) is 0 Å². The molecule has 1 aromatic rings. The zero-order chi connectivity index (χ0) is 16.2. The molecule has 0 atom stereocenters. The van der Waals surface area contributed by atoms with Crippen molar-refractivity contribution in [3.8, 4) is 0 Å². The van der Waals surface area contributed by atoms with Gasteiger partial charge in [0.25, 0.3) is 0 Å². The predicted molar refractivity (Wildman–Crippen MR) is 94.7 cm³/mol. The highest BCUT2D eigenvalue weighted by Gasteiger charge is 2.21. The molecule has 0 aromatic heterocycles. The summed E-state index contributed by atoms with van der Waals surface area (Å²) in [7, 11) is 0. The average Bonchev–Trinajstić information content (AvgIpc) is 2.45. The molecule has 0 bridgehead atoms. The third-order valence-corrected chi connectivity index (χ3v) is 4.05. The van der Waals surface area contributed by atoms with Crippen LogP contribution in [-0.4, -0.2) is 31.1 Å². The average molecular weight is 303 g/mol. The summed E-state index contributed by atoms with van der Waals surface area (Å²) in [6.45, 7) is 9.99. The summed E-state index contributed by atoms with van der Waals surface area (Å²) in [4.78, 5) is 2.44. The van der Waals surface area contributed by atoms with Gasteiger partial charge in [-0.3, -0.25) is 5.41 Å². The third kappa shape index (κ3) is 5.22. The van der Waals surface area contributed by atoms with E-state index in [1.165, 1.54) is 18.5 Å². The number of guanidine groups is 1. The van der Waals surface area contributed by atoms with Crippen molar-refractivity contribution in [2.75, 3.05) is 29.9 Å². The largest absolute Gasteiger partial charge is 0.372 e. The van der Waals surface area contributed by atoms with Crippen molar-refractivity contribution in [1.82, 2.24) is 5.32 Å². The van der Waals surface area contributed by atoms with E-state index >= 15 is 0 Å². The topological polar surface area (TPSA) is 77.2 Å². The van der Waals surface area contributed by atoms with Gasteiger partial charge in [0, 0.05) is 30.0 Å². The number of hydrogen-bond donors (Lipinski definition) is 4. The Labute approximate surface area is 133 Å². The Bertz CT molecular complexity index is 481. The first kappa shape index (κ1) is 16.6. The number of nitrogens with zero attached hydrogens (tertiary/aromatic N) is 1. The Morgan fingerprint density at radius 1 is 1.23 bits per heavy atom. The second-order valence-electron chi connectivity index (χ2n) is 7.15. The molecular formula is C17H29N5. The van der Waals surface area contributed by atoms with Crippen LogP contribution in [-0.2, 0) is 0 Å². The van der Waals surface area contributed by atoms with Gasteiger partial charge in [-0.15, -0.1) is 0 Å². The summed E-state index contributed by atoms with van der Waals surface area (Å²) in [6.07, 6.45) is 2.47. The molecule has 1 aromatic carbocycles. The molecule has 0 spiro atoms. The molecule has 1 heterocycles. The van der Waals surface area contributed by atoms with Crippen LogP contribution < -0.4 is 21.3 Å². The van der Waals surface area contributed by atoms with Crippen molar-refractivity contribution in [3.05, 3.63) is 24.3 Å². The molecule has 122 valence electrons. The van der Waals surface area contributed by atoms with E-state index < -0.39 is 0 Å². The Morgan fingerprint density at radius 3 is 2.32 bits per heavy atom. The number of nitrogens with two attached hydrogens (primary N) is 1. The standard InChI is InChI=1S/C17H29N5/c1-17(2,3)20-12-13-8-10-22(11-9-13)15-6-4-14(5-7-15)21-16(18)19/h4-7,13,20H,8-12H2,1-3H3,(H4,18,19,21). The molecule has 1 fully saturated rings. The SMILES string of the molecule is CC(C)(C)NCC1CCN(c2ccc(NC(=N)N)cc2)CC1. The highest BCUT2D eigenvalue weighted by atomic mass is 15.1. The van der Waals surface area contributed by atoms with E-state index in [0.717, 1.165) is 31.2 Å². The van der Waals surface area contributed by atoms with Crippen LogP contribution in [0.3, 0.4) is 0 Å². The van der Waals surface area contributed by atoms with Crippen molar-refractivity contribution in [2.45, 2.75) is 39.2 Å². The Balaban J connectivity index is 1.82. The normalized spacial score (nSPS) is 16.6. The van der Waals surface area contributed by atoms with Crippen molar-refractivity contribution < 1.29 is 0 Å². The summed E-state index contributed by atoms with van der Waals surface area (Å²) in [6, 6.07) is 8.14. The van der Waals surface area contributed by atoms with Crippen LogP contribution in [0.2, 0.25) is 0 Å². The van der Waals surface area contributed by atoms with Gasteiger partial charge < -0.3 is 21.3 Å². The van der Waals surface area contributed by atoms with Gasteiger partial charge in [-0.2, -0.15) is 0 Å². The number of nitrogens with one attached hydrogen (secondary N) is 3. The van der Waals surface area contributed by atoms with E-state index in [1.807, 2.05) is 12.1 Å². The molecule has 0 radical (unpaired) electrons. The Morgan fingerprint density at radius 2 is 1.82 bits per heavy atom. The highest BCUT2D eigenvalue weighted by Crippen LogP contribution is 2.24. The minimum absolute atomic E-state index is 0.0279. The first-order valence-corrected chi connectivity index (χ1v) is 8.04. The zero-order valence-corrected chi connectivity index (χ0v) is 13.9. The Kier molecular flexibility index (Phi) is 5.29. The molecular weight excluding hydrogens is 274 g/mol. The molecule has 0 saturated carbocycles. The minimum Gasteiger partial charge on any atom is -0.372 e. The molecule has 5 N–H and O–H groups in total. The molecule has 5 heteroatoms. The van der Waals surface area contributed by atoms with Crippen molar-refractivity contribution >= 4 is 17.3 Å². The van der Waals surface area contributed by atoms with E-state index in [2.05, 4.69) is 48.4 Å². The number of benzene rings is 1. The third-order valence-electron chi connectivity index (χ3n) is 4.05. The summed E-state index contributed by atoms with van der Waals surface area (Å²) >= 11 is 0. The van der Waals surface area contributed by atoms with E-state index in [1.54, 1.807) is 0 Å². The van der Waals surface area contributed by atoms with Crippen LogP contribution in [0.1, 0.15) is 33.6 Å². The van der Waals surface area contributed by atoms with E-state index in [4.69, 9.17) is 11.1 Å². The second-order valence-corrected chi connectivity index (χ2v) is 7.15. The lowest BCUT2D eigenvalue weighted by Gasteiger charge is -2.35. The molecule has 22 heavy (non-hydrogen) atoms. The number of piperidine rings is 1. The van der Waals surface area contributed by atoms with E-state index in [0.29, 0.717) is 0 Å². The maximum absolute atomic E-state index is 7.24. The molecule has 0 unspecified atom stereocenters. The molecule has 2 rings (SSSR count). The van der Waals surface area contributed by atoms with Crippen molar-refractivity contribution in [1.29, 1.82) is 5.41 Å². The number of rotatable bonds is 4. The lowest BCUT2D eigenvalue weighted by atomic mass is 9.95. The first-order valence-electron chi connectivity index (χ1n) is 8.04. The van der Waals surface area contributed by atoms with Crippen molar-refractivity contribution in [3.63, 3.8) is 0 Å². The van der Waals surface area contributed by atoms with Crippen LogP contribution in [0.15, 0.2) is 24.3 Å². The van der Waals surface area contributed by atoms with Gasteiger partial charge >= 0.3 is 0 Å². The molecule has 0 amide bonds. The monoisotopic (exact) mass is 303 g/mol. The molecule has 1 saturated heterocycles. The minimum atomic E-state index is -0.0279. The number of anilines is 2. The summed E-state index contributed by atoms with van der Waals surface area (Å²) in [5, 5.41) is 13.7. The second kappa shape index (κ2) is 7.01. The maximum Gasteiger partial charge on any atom is 0.190 e. The van der Waals surface area contributed by atoms with Crippen molar-refractivity contribution in [2.24, 2.45) is 11.7 Å². The molecule has 0 aliphatic carbocycles. The fraction of sp³-hybridized carbons (Fsp3) is 0.588. The fourth-order valence-corrected chi connectivity index (χ4v) is 2.76. The van der Waals surface area contributed by atoms with Gasteiger partial charge in [0.15, 0.2) is 5.96 Å². The van der Waals surface area contributed by atoms with Crippen LogP contribution in [0.4, 0.5) is 11.4 Å². The summed E-state index contributed by atoms with van der Waals surface area (Å²) < 4.78 is 0.